The van der Waals surface area contributed by atoms with Crippen molar-refractivity contribution < 1.29 is 9.13 Å². The SMILES string of the molecule is C=C(C1=NC=CC(NC)/C1=C\NCC1=CC(C)=C(OCCF)N(C)C1)C(C)CC(C)(C)C. The van der Waals surface area contributed by atoms with Gasteiger partial charge in [-0.05, 0) is 48.9 Å². The Hall–Kier alpha value is -2.34. The van der Waals surface area contributed by atoms with Crippen molar-refractivity contribution in [1.29, 1.82) is 0 Å². The van der Waals surface area contributed by atoms with Crippen LogP contribution in [0.1, 0.15) is 41.0 Å². The fourth-order valence-corrected chi connectivity index (χ4v) is 4.33. The van der Waals surface area contributed by atoms with Gasteiger partial charge >= 0.3 is 0 Å². The number of ether oxygens (including phenoxy) is 1. The van der Waals surface area contributed by atoms with E-state index in [4.69, 9.17) is 9.73 Å². The van der Waals surface area contributed by atoms with Crippen LogP contribution in [0.15, 0.2) is 64.3 Å². The number of nitrogens with one attached hydrogen (secondary N) is 2. The Kier molecular flexibility index (Phi) is 9.32. The van der Waals surface area contributed by atoms with Crippen molar-refractivity contribution in [3.63, 3.8) is 0 Å². The zero-order chi connectivity index (χ0) is 23.9. The molecule has 0 radical (unpaired) electrons. The molecule has 2 rings (SSSR count). The van der Waals surface area contributed by atoms with Gasteiger partial charge in [0.25, 0.3) is 0 Å². The van der Waals surface area contributed by atoms with Crippen molar-refractivity contribution in [2.45, 2.75) is 47.1 Å². The van der Waals surface area contributed by atoms with E-state index >= 15 is 0 Å². The molecule has 0 fully saturated rings. The van der Waals surface area contributed by atoms with Gasteiger partial charge in [0, 0.05) is 43.7 Å². The van der Waals surface area contributed by atoms with E-state index in [1.165, 1.54) is 5.57 Å². The Bertz CT molecular complexity index is 829. The quantitative estimate of drug-likeness (QED) is 0.511. The number of aliphatic imine (C=N–C) groups is 1. The van der Waals surface area contributed by atoms with Gasteiger partial charge in [-0.2, -0.15) is 0 Å². The first-order chi connectivity index (χ1) is 15.1. The molecule has 0 aromatic heterocycles. The van der Waals surface area contributed by atoms with Gasteiger partial charge in [0.2, 0.25) is 0 Å². The molecule has 2 aliphatic heterocycles. The number of halogens is 1. The fourth-order valence-electron chi connectivity index (χ4n) is 4.33. The van der Waals surface area contributed by atoms with Gasteiger partial charge < -0.3 is 20.3 Å². The molecule has 0 bridgehead atoms. The van der Waals surface area contributed by atoms with Crippen LogP contribution >= 0.6 is 0 Å². The zero-order valence-electron chi connectivity index (χ0n) is 20.9. The van der Waals surface area contributed by atoms with E-state index in [0.29, 0.717) is 12.5 Å². The van der Waals surface area contributed by atoms with Gasteiger partial charge in [-0.3, -0.25) is 4.99 Å². The molecule has 6 heteroatoms. The van der Waals surface area contributed by atoms with Crippen LogP contribution in [0.4, 0.5) is 4.39 Å². The lowest BCUT2D eigenvalue weighted by Crippen LogP contribution is -2.34. The first kappa shape index (κ1) is 25.9. The highest BCUT2D eigenvalue weighted by molar-refractivity contribution is 6.14. The molecule has 178 valence electrons. The molecule has 0 saturated carbocycles. The molecule has 0 aromatic rings. The highest BCUT2D eigenvalue weighted by atomic mass is 19.1. The number of hydrogen-bond acceptors (Lipinski definition) is 5. The highest BCUT2D eigenvalue weighted by Gasteiger charge is 2.26. The second-order valence-corrected chi connectivity index (χ2v) is 9.94. The lowest BCUT2D eigenvalue weighted by atomic mass is 9.79. The normalized spacial score (nSPS) is 21.4. The molecule has 0 saturated heterocycles. The van der Waals surface area contributed by atoms with E-state index in [1.54, 1.807) is 0 Å². The predicted molar refractivity (Wildman–Crippen MR) is 133 cm³/mol. The first-order valence-corrected chi connectivity index (χ1v) is 11.4. The van der Waals surface area contributed by atoms with Crippen LogP contribution in [0, 0.1) is 11.3 Å². The summed E-state index contributed by atoms with van der Waals surface area (Å²) in [5, 5.41) is 6.84. The van der Waals surface area contributed by atoms with Crippen molar-refractivity contribution in [2.75, 3.05) is 40.5 Å². The molecule has 5 nitrogen and oxygen atoms in total. The van der Waals surface area contributed by atoms with Crippen molar-refractivity contribution in [3.8, 4) is 0 Å². The van der Waals surface area contributed by atoms with E-state index in [1.807, 2.05) is 32.1 Å². The monoisotopic (exact) mass is 444 g/mol. The molecule has 32 heavy (non-hydrogen) atoms. The predicted octanol–water partition coefficient (Wildman–Crippen LogP) is 4.73. The number of nitrogens with zero attached hydrogens (tertiary/aromatic N) is 2. The smallest absolute Gasteiger partial charge is 0.192 e. The molecule has 2 heterocycles. The lowest BCUT2D eigenvalue weighted by Gasteiger charge is -2.30. The Morgan fingerprint density at radius 3 is 2.75 bits per heavy atom. The highest BCUT2D eigenvalue weighted by Crippen LogP contribution is 2.31. The maximum Gasteiger partial charge on any atom is 0.192 e. The van der Waals surface area contributed by atoms with Gasteiger partial charge in [-0.1, -0.05) is 40.3 Å². The average molecular weight is 445 g/mol. The van der Waals surface area contributed by atoms with Gasteiger partial charge in [-0.15, -0.1) is 0 Å². The summed E-state index contributed by atoms with van der Waals surface area (Å²) in [4.78, 5) is 6.72. The van der Waals surface area contributed by atoms with Crippen LogP contribution < -0.4 is 10.6 Å². The summed E-state index contributed by atoms with van der Waals surface area (Å²) >= 11 is 0. The molecular formula is C26H41FN4O. The minimum Gasteiger partial charge on any atom is -0.476 e. The summed E-state index contributed by atoms with van der Waals surface area (Å²) < 4.78 is 18.0. The largest absolute Gasteiger partial charge is 0.476 e. The summed E-state index contributed by atoms with van der Waals surface area (Å²) in [5.41, 5.74) is 5.61. The summed E-state index contributed by atoms with van der Waals surface area (Å²) in [5.74, 6) is 1.09. The van der Waals surface area contributed by atoms with Gasteiger partial charge in [-0.25, -0.2) is 4.39 Å². The molecule has 0 amide bonds. The van der Waals surface area contributed by atoms with E-state index in [9.17, 15) is 4.39 Å². The van der Waals surface area contributed by atoms with Crippen LogP contribution in [0.2, 0.25) is 0 Å². The molecule has 2 N–H and O–H groups in total. The standard InChI is InChI=1S/C26H41FN4O/c1-18-13-21(17-31(8)25(18)32-12-10-27)15-29-16-22-23(28-7)9-11-30-24(22)20(3)19(2)14-26(4,5)6/h9,11,13,16,19,23,28-29H,3,10,12,14-15,17H2,1-2,4-8H3/b22-16+. The average Bonchev–Trinajstić information content (AvgIpc) is 2.71. The number of likely N-dealkylation sites (N-methyl/N-ethyl adjacent to an activating group) is 2. The maximum atomic E-state index is 12.5. The van der Waals surface area contributed by atoms with Gasteiger partial charge in [0.1, 0.15) is 13.3 Å². The molecular weight excluding hydrogens is 403 g/mol. The van der Waals surface area contributed by atoms with E-state index in [0.717, 1.165) is 41.3 Å². The minimum atomic E-state index is -0.485. The first-order valence-electron chi connectivity index (χ1n) is 11.4. The number of hydrogen-bond donors (Lipinski definition) is 2. The zero-order valence-corrected chi connectivity index (χ0v) is 20.9. The van der Waals surface area contributed by atoms with Crippen LogP contribution in [-0.4, -0.2) is 57.1 Å². The second-order valence-electron chi connectivity index (χ2n) is 9.94. The van der Waals surface area contributed by atoms with Crippen molar-refractivity contribution in [2.24, 2.45) is 16.3 Å². The van der Waals surface area contributed by atoms with Crippen molar-refractivity contribution in [1.82, 2.24) is 15.5 Å². The van der Waals surface area contributed by atoms with E-state index in [2.05, 4.69) is 63.3 Å². The third-order valence-electron chi connectivity index (χ3n) is 5.67. The van der Waals surface area contributed by atoms with Crippen LogP contribution in [-0.2, 0) is 4.74 Å². The van der Waals surface area contributed by atoms with Crippen LogP contribution in [0.5, 0.6) is 0 Å². The van der Waals surface area contributed by atoms with Crippen LogP contribution in [0.3, 0.4) is 0 Å². The fraction of sp³-hybridized carbons (Fsp3) is 0.577. The Morgan fingerprint density at radius 2 is 2.16 bits per heavy atom. The number of alkyl halides is 1. The summed E-state index contributed by atoms with van der Waals surface area (Å²) in [7, 11) is 3.93. The topological polar surface area (TPSA) is 48.9 Å². The van der Waals surface area contributed by atoms with E-state index < -0.39 is 6.67 Å². The summed E-state index contributed by atoms with van der Waals surface area (Å²) in [6.45, 7) is 16.5. The summed E-state index contributed by atoms with van der Waals surface area (Å²) in [6.07, 6.45) is 9.17. The van der Waals surface area contributed by atoms with Crippen LogP contribution in [0.25, 0.3) is 0 Å². The molecule has 0 aliphatic carbocycles. The Morgan fingerprint density at radius 1 is 1.44 bits per heavy atom. The molecule has 0 aromatic carbocycles. The third-order valence-corrected chi connectivity index (χ3v) is 5.67. The molecule has 2 atom stereocenters. The minimum absolute atomic E-state index is 0.0823. The third kappa shape index (κ3) is 7.09. The van der Waals surface area contributed by atoms with E-state index in [-0.39, 0.29) is 18.1 Å². The molecule has 0 spiro atoms. The Labute approximate surface area is 193 Å². The molecule has 2 unspecified atom stereocenters. The number of rotatable bonds is 10. The number of allylic oxidation sites excluding steroid dienone is 3. The van der Waals surface area contributed by atoms with Gasteiger partial charge in [0.05, 0.1) is 11.8 Å². The van der Waals surface area contributed by atoms with Crippen molar-refractivity contribution in [3.05, 3.63) is 59.3 Å². The van der Waals surface area contributed by atoms with Crippen molar-refractivity contribution >= 4 is 5.71 Å². The molecule has 2 aliphatic rings. The van der Waals surface area contributed by atoms with Gasteiger partial charge in [0.15, 0.2) is 5.88 Å². The Balaban J connectivity index is 2.14. The lowest BCUT2D eigenvalue weighted by molar-refractivity contribution is 0.114. The second kappa shape index (κ2) is 11.5. The summed E-state index contributed by atoms with van der Waals surface area (Å²) in [6, 6.07) is 0.0823. The maximum absolute atomic E-state index is 12.5.